The summed E-state index contributed by atoms with van der Waals surface area (Å²) in [5, 5.41) is 17.1. The van der Waals surface area contributed by atoms with Gasteiger partial charge in [-0.1, -0.05) is 11.6 Å². The van der Waals surface area contributed by atoms with Gasteiger partial charge in [0.2, 0.25) is 0 Å². The van der Waals surface area contributed by atoms with Crippen LogP contribution < -0.4 is 0 Å². The van der Waals surface area contributed by atoms with Crippen molar-refractivity contribution >= 4 is 11.6 Å². The van der Waals surface area contributed by atoms with Gasteiger partial charge in [0, 0.05) is 0 Å². The van der Waals surface area contributed by atoms with Gasteiger partial charge in [0.05, 0.1) is 11.8 Å². The Hall–Kier alpha value is -1.41. The molecule has 1 rings (SSSR count). The number of rotatable bonds is 1. The number of hydrogen-bond acceptors (Lipinski definition) is 3. The zero-order chi connectivity index (χ0) is 10.0. The van der Waals surface area contributed by atoms with Gasteiger partial charge >= 0.3 is 0 Å². The fourth-order valence-electron chi connectivity index (χ4n) is 0.818. The van der Waals surface area contributed by atoms with Crippen LogP contribution in [0.4, 0.5) is 8.78 Å². The van der Waals surface area contributed by atoms with Crippen molar-refractivity contribution in [2.24, 2.45) is 0 Å². The van der Waals surface area contributed by atoms with Crippen LogP contribution in [-0.4, -0.2) is 10.1 Å². The summed E-state index contributed by atoms with van der Waals surface area (Å²) in [6.07, 6.45) is -2.17. The Bertz CT molecular complexity index is 375. The second-order valence-corrected chi connectivity index (χ2v) is 2.49. The Kier molecular flexibility index (Phi) is 2.63. The number of alkyl halides is 2. The molecule has 1 heterocycles. The van der Waals surface area contributed by atoms with E-state index >= 15 is 0 Å². The first-order valence-corrected chi connectivity index (χ1v) is 3.51. The molecule has 0 amide bonds. The number of halogens is 3. The van der Waals surface area contributed by atoms with Crippen LogP contribution in [0.15, 0.2) is 6.20 Å². The quantitative estimate of drug-likeness (QED) is 0.714. The molecule has 0 aliphatic rings. The van der Waals surface area contributed by atoms with E-state index in [9.17, 15) is 8.78 Å². The second kappa shape index (κ2) is 3.54. The molecule has 0 aromatic carbocycles. The predicted molar refractivity (Wildman–Crippen MR) is 40.6 cm³/mol. The van der Waals surface area contributed by atoms with Crippen molar-refractivity contribution in [3.05, 3.63) is 22.5 Å². The Balaban J connectivity index is 3.46. The van der Waals surface area contributed by atoms with Crippen molar-refractivity contribution in [1.82, 2.24) is 4.98 Å². The summed E-state index contributed by atoms with van der Waals surface area (Å²) in [7, 11) is 0. The summed E-state index contributed by atoms with van der Waals surface area (Å²) in [5.74, 6) is -0.726. The van der Waals surface area contributed by atoms with Crippen LogP contribution in [0.2, 0.25) is 5.15 Å². The van der Waals surface area contributed by atoms with E-state index in [0.29, 0.717) is 0 Å². The van der Waals surface area contributed by atoms with Crippen molar-refractivity contribution in [2.75, 3.05) is 0 Å². The van der Waals surface area contributed by atoms with E-state index in [-0.39, 0.29) is 5.15 Å². The molecule has 0 saturated carbocycles. The first-order chi connectivity index (χ1) is 6.07. The van der Waals surface area contributed by atoms with Crippen molar-refractivity contribution in [1.29, 1.82) is 5.26 Å². The zero-order valence-electron chi connectivity index (χ0n) is 6.13. The van der Waals surface area contributed by atoms with Gasteiger partial charge in [0.15, 0.2) is 0 Å². The molecular formula is C7H3ClF2N2O. The molecule has 1 aromatic rings. The second-order valence-electron chi connectivity index (χ2n) is 2.14. The highest BCUT2D eigenvalue weighted by atomic mass is 35.5. The lowest BCUT2D eigenvalue weighted by Crippen LogP contribution is -1.94. The average Bonchev–Trinajstić information content (AvgIpc) is 2.07. The Labute approximate surface area is 77.2 Å². The Morgan fingerprint density at radius 1 is 1.62 bits per heavy atom. The van der Waals surface area contributed by atoms with E-state index in [0.717, 1.165) is 6.20 Å². The molecule has 0 spiro atoms. The van der Waals surface area contributed by atoms with Gasteiger partial charge in [-0.05, 0) is 0 Å². The lowest BCUT2D eigenvalue weighted by molar-refractivity contribution is 0.147. The molecule has 0 aliphatic carbocycles. The summed E-state index contributed by atoms with van der Waals surface area (Å²) in [5.41, 5.74) is -1.26. The maximum Gasteiger partial charge on any atom is 0.268 e. The van der Waals surface area contributed by atoms with E-state index < -0.39 is 23.3 Å². The van der Waals surface area contributed by atoms with E-state index in [2.05, 4.69) is 4.98 Å². The summed E-state index contributed by atoms with van der Waals surface area (Å²) >= 11 is 5.37. The molecule has 0 aliphatic heterocycles. The topological polar surface area (TPSA) is 56.9 Å². The minimum Gasteiger partial charge on any atom is -0.506 e. The third-order valence-electron chi connectivity index (χ3n) is 1.38. The molecule has 1 aromatic heterocycles. The van der Waals surface area contributed by atoms with Gasteiger partial charge in [-0.15, -0.1) is 0 Å². The van der Waals surface area contributed by atoms with Crippen molar-refractivity contribution in [2.45, 2.75) is 6.43 Å². The molecule has 0 bridgehead atoms. The van der Waals surface area contributed by atoms with Crippen molar-refractivity contribution in [3.63, 3.8) is 0 Å². The fraction of sp³-hybridized carbons (Fsp3) is 0.143. The van der Waals surface area contributed by atoms with Gasteiger partial charge in [0.25, 0.3) is 6.43 Å². The van der Waals surface area contributed by atoms with E-state index in [1.807, 2.05) is 0 Å². The smallest absolute Gasteiger partial charge is 0.268 e. The number of aromatic nitrogens is 1. The minimum absolute atomic E-state index is 0.337. The average molecular weight is 205 g/mol. The Morgan fingerprint density at radius 3 is 2.62 bits per heavy atom. The van der Waals surface area contributed by atoms with Crippen LogP contribution in [-0.2, 0) is 0 Å². The first kappa shape index (κ1) is 9.68. The van der Waals surface area contributed by atoms with Crippen LogP contribution in [0, 0.1) is 11.3 Å². The number of nitriles is 1. The number of aromatic hydroxyl groups is 1. The van der Waals surface area contributed by atoms with Crippen LogP contribution in [0.3, 0.4) is 0 Å². The number of pyridine rings is 1. The predicted octanol–water partition coefficient (Wildman–Crippen LogP) is 2.25. The van der Waals surface area contributed by atoms with Crippen LogP contribution in [0.5, 0.6) is 5.75 Å². The van der Waals surface area contributed by atoms with Gasteiger partial charge in [-0.3, -0.25) is 0 Å². The van der Waals surface area contributed by atoms with Gasteiger partial charge in [0.1, 0.15) is 22.5 Å². The fourth-order valence-corrected chi connectivity index (χ4v) is 1.01. The molecule has 68 valence electrons. The highest BCUT2D eigenvalue weighted by Crippen LogP contribution is 2.33. The molecular weight excluding hydrogens is 202 g/mol. The molecule has 1 N–H and O–H groups in total. The van der Waals surface area contributed by atoms with Gasteiger partial charge in [-0.25, -0.2) is 13.8 Å². The molecule has 0 unspecified atom stereocenters. The largest absolute Gasteiger partial charge is 0.506 e. The maximum atomic E-state index is 12.3. The summed E-state index contributed by atoms with van der Waals surface area (Å²) in [6, 6.07) is 1.45. The number of nitrogens with zero attached hydrogens (tertiary/aromatic N) is 2. The molecule has 0 saturated heterocycles. The SMILES string of the molecule is N#Cc1c(Cl)ncc(O)c1C(F)F. The molecule has 0 radical (unpaired) electrons. The Morgan fingerprint density at radius 2 is 2.23 bits per heavy atom. The van der Waals surface area contributed by atoms with Crippen molar-refractivity contribution < 1.29 is 13.9 Å². The highest BCUT2D eigenvalue weighted by Gasteiger charge is 2.21. The normalized spacial score (nSPS) is 10.1. The summed E-state index contributed by atoms with van der Waals surface area (Å²) < 4.78 is 24.5. The molecule has 0 atom stereocenters. The molecule has 13 heavy (non-hydrogen) atoms. The lowest BCUT2D eigenvalue weighted by Gasteiger charge is -2.05. The monoisotopic (exact) mass is 204 g/mol. The summed E-state index contributed by atoms with van der Waals surface area (Å²) in [6.45, 7) is 0. The third kappa shape index (κ3) is 1.68. The summed E-state index contributed by atoms with van der Waals surface area (Å²) in [4.78, 5) is 3.35. The van der Waals surface area contributed by atoms with E-state index in [1.165, 1.54) is 6.07 Å². The van der Waals surface area contributed by atoms with Crippen LogP contribution in [0.25, 0.3) is 0 Å². The van der Waals surface area contributed by atoms with Crippen LogP contribution in [0.1, 0.15) is 17.6 Å². The molecule has 6 heteroatoms. The third-order valence-corrected chi connectivity index (χ3v) is 1.67. The minimum atomic E-state index is -2.95. The molecule has 0 fully saturated rings. The number of hydrogen-bond donors (Lipinski definition) is 1. The standard InChI is InChI=1S/C7H3ClF2N2O/c8-6-3(1-11)5(7(9)10)4(13)2-12-6/h2,7,13H. The van der Waals surface area contributed by atoms with Crippen molar-refractivity contribution in [3.8, 4) is 11.8 Å². The lowest BCUT2D eigenvalue weighted by atomic mass is 10.1. The van der Waals surface area contributed by atoms with Crippen LogP contribution >= 0.6 is 11.6 Å². The molecule has 3 nitrogen and oxygen atoms in total. The highest BCUT2D eigenvalue weighted by molar-refractivity contribution is 6.30. The van der Waals surface area contributed by atoms with Gasteiger partial charge in [-0.2, -0.15) is 5.26 Å². The van der Waals surface area contributed by atoms with E-state index in [4.69, 9.17) is 22.0 Å². The maximum absolute atomic E-state index is 12.3. The van der Waals surface area contributed by atoms with Gasteiger partial charge < -0.3 is 5.11 Å². The zero-order valence-corrected chi connectivity index (χ0v) is 6.89. The first-order valence-electron chi connectivity index (χ1n) is 3.13. The van der Waals surface area contributed by atoms with E-state index in [1.54, 1.807) is 0 Å².